The predicted octanol–water partition coefficient (Wildman–Crippen LogP) is 2.39. The summed E-state index contributed by atoms with van der Waals surface area (Å²) in [6.45, 7) is 1.31. The maximum absolute atomic E-state index is 12.5. The fraction of sp³-hybridized carbons (Fsp3) is 0.292. The third-order valence-electron chi connectivity index (χ3n) is 5.59. The number of urea groups is 1. The Morgan fingerprint density at radius 2 is 1.57 bits per heavy atom. The van der Waals surface area contributed by atoms with Gasteiger partial charge >= 0.3 is 6.03 Å². The summed E-state index contributed by atoms with van der Waals surface area (Å²) in [6, 6.07) is 16.9. The molecule has 6 nitrogen and oxygen atoms in total. The van der Waals surface area contributed by atoms with E-state index in [0.717, 1.165) is 24.0 Å². The van der Waals surface area contributed by atoms with Crippen LogP contribution in [0.4, 0.5) is 4.79 Å². The Morgan fingerprint density at radius 1 is 0.933 bits per heavy atom. The fourth-order valence-electron chi connectivity index (χ4n) is 3.87. The van der Waals surface area contributed by atoms with Crippen molar-refractivity contribution in [2.75, 3.05) is 13.1 Å². The lowest BCUT2D eigenvalue weighted by atomic mass is 9.89. The summed E-state index contributed by atoms with van der Waals surface area (Å²) in [5.41, 5.74) is 3.23. The van der Waals surface area contributed by atoms with Gasteiger partial charge in [-0.25, -0.2) is 4.79 Å². The molecule has 4 amide bonds. The molecule has 1 atom stereocenters. The van der Waals surface area contributed by atoms with E-state index in [9.17, 15) is 14.4 Å². The Morgan fingerprint density at radius 3 is 2.17 bits per heavy atom. The van der Waals surface area contributed by atoms with Gasteiger partial charge in [0, 0.05) is 24.2 Å². The largest absolute Gasteiger partial charge is 0.343 e. The topological polar surface area (TPSA) is 78.5 Å². The van der Waals surface area contributed by atoms with Gasteiger partial charge in [0.1, 0.15) is 6.04 Å². The van der Waals surface area contributed by atoms with Gasteiger partial charge in [0.05, 0.1) is 6.42 Å². The maximum Gasteiger partial charge on any atom is 0.322 e. The van der Waals surface area contributed by atoms with Gasteiger partial charge in [-0.15, -0.1) is 0 Å². The fourth-order valence-corrected chi connectivity index (χ4v) is 3.87. The minimum Gasteiger partial charge on any atom is -0.343 e. The smallest absolute Gasteiger partial charge is 0.322 e. The number of carbonyl (C=O) groups is 3. The van der Waals surface area contributed by atoms with Crippen LogP contribution in [0.15, 0.2) is 54.6 Å². The Labute approximate surface area is 175 Å². The lowest BCUT2D eigenvalue weighted by Crippen LogP contribution is -2.42. The van der Waals surface area contributed by atoms with Crippen LogP contribution in [0.25, 0.3) is 0 Å². The van der Waals surface area contributed by atoms with E-state index >= 15 is 0 Å². The Kier molecular flexibility index (Phi) is 5.80. The summed E-state index contributed by atoms with van der Waals surface area (Å²) in [7, 11) is 0. The Balaban J connectivity index is 1.30. The van der Waals surface area contributed by atoms with Crippen LogP contribution in [0.2, 0.25) is 0 Å². The molecule has 2 aliphatic heterocycles. The summed E-state index contributed by atoms with van der Waals surface area (Å²) in [4.78, 5) is 37.1. The molecule has 0 saturated carbocycles. The van der Waals surface area contributed by atoms with Gasteiger partial charge in [-0.1, -0.05) is 42.2 Å². The number of benzene rings is 2. The maximum atomic E-state index is 12.5. The van der Waals surface area contributed by atoms with E-state index < -0.39 is 18.0 Å². The molecule has 0 spiro atoms. The zero-order chi connectivity index (χ0) is 20.9. The number of nitrogens with zero attached hydrogens (tertiary/aromatic N) is 1. The highest BCUT2D eigenvalue weighted by Crippen LogP contribution is 2.28. The van der Waals surface area contributed by atoms with Crippen LogP contribution in [0.3, 0.4) is 0 Å². The Hall–Kier alpha value is -3.59. The molecule has 2 heterocycles. The van der Waals surface area contributed by atoms with Crippen LogP contribution < -0.4 is 10.6 Å². The summed E-state index contributed by atoms with van der Waals surface area (Å²) < 4.78 is 0. The molecule has 0 bridgehead atoms. The van der Waals surface area contributed by atoms with Crippen molar-refractivity contribution in [1.82, 2.24) is 15.5 Å². The van der Waals surface area contributed by atoms with Crippen molar-refractivity contribution in [3.05, 3.63) is 71.3 Å². The van der Waals surface area contributed by atoms with Gasteiger partial charge in [-0.05, 0) is 48.6 Å². The Bertz CT molecular complexity index is 997. The molecule has 2 aliphatic rings. The van der Waals surface area contributed by atoms with Crippen molar-refractivity contribution in [1.29, 1.82) is 0 Å². The van der Waals surface area contributed by atoms with Crippen molar-refractivity contribution in [2.45, 2.75) is 31.2 Å². The second-order valence-corrected chi connectivity index (χ2v) is 7.61. The number of nitrogens with one attached hydrogen (secondary N) is 2. The molecule has 2 aromatic carbocycles. The van der Waals surface area contributed by atoms with Gasteiger partial charge < -0.3 is 10.2 Å². The number of hydrogen-bond donors (Lipinski definition) is 2. The van der Waals surface area contributed by atoms with E-state index in [2.05, 4.69) is 34.6 Å². The number of imide groups is 1. The first-order valence-electron chi connectivity index (χ1n) is 10.1. The van der Waals surface area contributed by atoms with Gasteiger partial charge in [0.25, 0.3) is 5.91 Å². The minimum atomic E-state index is -0.757. The van der Waals surface area contributed by atoms with E-state index in [1.165, 1.54) is 5.56 Å². The number of carbonyl (C=O) groups excluding carboxylic acids is 3. The summed E-state index contributed by atoms with van der Waals surface area (Å²) >= 11 is 0. The number of likely N-dealkylation sites (tertiary alicyclic amines) is 1. The molecule has 2 N–H and O–H groups in total. The van der Waals surface area contributed by atoms with Crippen LogP contribution >= 0.6 is 0 Å². The van der Waals surface area contributed by atoms with Gasteiger partial charge in [-0.2, -0.15) is 0 Å². The molecule has 152 valence electrons. The molecular weight excluding hydrogens is 378 g/mol. The van der Waals surface area contributed by atoms with Crippen LogP contribution in [-0.4, -0.2) is 41.9 Å². The first-order chi connectivity index (χ1) is 14.6. The molecule has 2 saturated heterocycles. The van der Waals surface area contributed by atoms with Crippen molar-refractivity contribution in [2.24, 2.45) is 0 Å². The van der Waals surface area contributed by atoms with E-state index in [1.54, 1.807) is 4.90 Å². The standard InChI is InChI=1S/C24H23N3O3/c28-22(16-21-23(29)26-24(30)25-21)27-14-12-20(13-15-27)19-10-8-18(9-11-19)7-6-17-4-2-1-3-5-17/h1-5,8-11,20-21H,12-16H2,(H2,25,26,29,30). The third kappa shape index (κ3) is 4.69. The summed E-state index contributed by atoms with van der Waals surface area (Å²) in [5, 5.41) is 4.63. The first-order valence-corrected chi connectivity index (χ1v) is 10.1. The van der Waals surface area contributed by atoms with Crippen LogP contribution in [0, 0.1) is 11.8 Å². The molecule has 0 aliphatic carbocycles. The summed E-state index contributed by atoms with van der Waals surface area (Å²) in [6.07, 6.45) is 1.77. The molecule has 0 aromatic heterocycles. The second-order valence-electron chi connectivity index (χ2n) is 7.61. The lowest BCUT2D eigenvalue weighted by molar-refractivity contribution is -0.134. The quantitative estimate of drug-likeness (QED) is 0.612. The highest BCUT2D eigenvalue weighted by molar-refractivity contribution is 6.05. The van der Waals surface area contributed by atoms with Crippen molar-refractivity contribution in [3.63, 3.8) is 0 Å². The monoisotopic (exact) mass is 401 g/mol. The second kappa shape index (κ2) is 8.83. The minimum absolute atomic E-state index is 0.0109. The number of piperidine rings is 1. The number of amides is 4. The van der Waals surface area contributed by atoms with Crippen molar-refractivity contribution in [3.8, 4) is 11.8 Å². The SMILES string of the molecule is O=C1NC(=O)C(CC(=O)N2CCC(c3ccc(C#Cc4ccccc4)cc3)CC2)N1. The zero-order valence-electron chi connectivity index (χ0n) is 16.6. The molecule has 30 heavy (non-hydrogen) atoms. The highest BCUT2D eigenvalue weighted by Gasteiger charge is 2.33. The average molecular weight is 401 g/mol. The molecular formula is C24H23N3O3. The van der Waals surface area contributed by atoms with Crippen molar-refractivity contribution >= 4 is 17.8 Å². The van der Waals surface area contributed by atoms with E-state index in [-0.39, 0.29) is 12.3 Å². The van der Waals surface area contributed by atoms with Crippen LogP contribution in [0.1, 0.15) is 41.9 Å². The molecule has 2 fully saturated rings. The first kappa shape index (κ1) is 19.7. The predicted molar refractivity (Wildman–Crippen MR) is 112 cm³/mol. The number of hydrogen-bond acceptors (Lipinski definition) is 3. The van der Waals surface area contributed by atoms with Crippen LogP contribution in [0.5, 0.6) is 0 Å². The van der Waals surface area contributed by atoms with Gasteiger partial charge in [0.2, 0.25) is 5.91 Å². The van der Waals surface area contributed by atoms with Gasteiger partial charge in [0.15, 0.2) is 0 Å². The van der Waals surface area contributed by atoms with E-state index in [1.807, 2.05) is 42.5 Å². The molecule has 1 unspecified atom stereocenters. The van der Waals surface area contributed by atoms with Crippen LogP contribution in [-0.2, 0) is 9.59 Å². The van der Waals surface area contributed by atoms with Crippen molar-refractivity contribution < 1.29 is 14.4 Å². The lowest BCUT2D eigenvalue weighted by Gasteiger charge is -2.32. The van der Waals surface area contributed by atoms with E-state index in [0.29, 0.717) is 19.0 Å². The summed E-state index contributed by atoms with van der Waals surface area (Å²) in [5.74, 6) is 6.23. The molecule has 6 heteroatoms. The van der Waals surface area contributed by atoms with E-state index in [4.69, 9.17) is 0 Å². The third-order valence-corrected chi connectivity index (χ3v) is 5.59. The molecule has 4 rings (SSSR count). The zero-order valence-corrected chi connectivity index (χ0v) is 16.6. The molecule has 0 radical (unpaired) electrons. The number of rotatable bonds is 3. The molecule has 2 aromatic rings. The highest BCUT2D eigenvalue weighted by atomic mass is 16.2. The normalized spacial score (nSPS) is 18.9. The average Bonchev–Trinajstić information content (AvgIpc) is 3.10. The van der Waals surface area contributed by atoms with Gasteiger partial charge in [-0.3, -0.25) is 14.9 Å².